The summed E-state index contributed by atoms with van der Waals surface area (Å²) in [6.07, 6.45) is 3.20. The highest BCUT2D eigenvalue weighted by molar-refractivity contribution is 7.89. The van der Waals surface area contributed by atoms with Crippen LogP contribution in [0.15, 0.2) is 17.0 Å². The van der Waals surface area contributed by atoms with Crippen molar-refractivity contribution in [2.45, 2.75) is 37.1 Å². The molecule has 3 N–H and O–H groups in total. The summed E-state index contributed by atoms with van der Waals surface area (Å²) >= 11 is 0. The number of nitrogens with one attached hydrogen (secondary N) is 1. The van der Waals surface area contributed by atoms with E-state index in [9.17, 15) is 12.8 Å². The number of nitrogens with zero attached hydrogens (tertiary/aromatic N) is 1. The number of halogens is 1. The van der Waals surface area contributed by atoms with E-state index < -0.39 is 15.8 Å². The molecule has 1 heterocycles. The number of hydrogen-bond donors (Lipinski definition) is 2. The maximum atomic E-state index is 13.6. The van der Waals surface area contributed by atoms with Crippen molar-refractivity contribution in [2.24, 2.45) is 0 Å². The molecule has 0 amide bonds. The van der Waals surface area contributed by atoms with E-state index >= 15 is 0 Å². The van der Waals surface area contributed by atoms with Crippen LogP contribution in [0.25, 0.3) is 0 Å². The van der Waals surface area contributed by atoms with Crippen molar-refractivity contribution in [1.29, 1.82) is 0 Å². The van der Waals surface area contributed by atoms with Crippen LogP contribution in [0.2, 0.25) is 0 Å². The van der Waals surface area contributed by atoms with Gasteiger partial charge in [0.2, 0.25) is 10.0 Å². The number of likely N-dealkylation sites (N-methyl/N-ethyl adjacent to an activating group) is 1. The standard InChI is InChI=1S/C14H22FN3O2S/c1-10-13(15)7-11(16)8-14(10)21(19,20)17-9-12-5-3-4-6-18(12)2/h7-8,12,17H,3-6,9,16H2,1-2H3. The third kappa shape index (κ3) is 3.72. The first-order valence-electron chi connectivity index (χ1n) is 7.07. The average molecular weight is 315 g/mol. The fourth-order valence-corrected chi connectivity index (χ4v) is 4.00. The zero-order valence-corrected chi connectivity index (χ0v) is 13.2. The summed E-state index contributed by atoms with van der Waals surface area (Å²) in [7, 11) is -1.77. The summed E-state index contributed by atoms with van der Waals surface area (Å²) in [6, 6.07) is 2.61. The van der Waals surface area contributed by atoms with Crippen molar-refractivity contribution < 1.29 is 12.8 Å². The van der Waals surface area contributed by atoms with Gasteiger partial charge in [-0.25, -0.2) is 17.5 Å². The van der Waals surface area contributed by atoms with E-state index in [4.69, 9.17) is 5.73 Å². The number of piperidine rings is 1. The third-order valence-electron chi connectivity index (χ3n) is 4.04. The molecular weight excluding hydrogens is 293 g/mol. The lowest BCUT2D eigenvalue weighted by Crippen LogP contribution is -2.44. The van der Waals surface area contributed by atoms with Crippen LogP contribution in [-0.2, 0) is 10.0 Å². The van der Waals surface area contributed by atoms with Crippen LogP contribution in [0, 0.1) is 12.7 Å². The highest BCUT2D eigenvalue weighted by Gasteiger charge is 2.24. The topological polar surface area (TPSA) is 75.4 Å². The Labute approximate surface area is 125 Å². The number of anilines is 1. The van der Waals surface area contributed by atoms with Crippen LogP contribution in [0.3, 0.4) is 0 Å². The van der Waals surface area contributed by atoms with E-state index in [0.717, 1.165) is 31.9 Å². The van der Waals surface area contributed by atoms with Crippen molar-refractivity contribution in [1.82, 2.24) is 9.62 Å². The van der Waals surface area contributed by atoms with E-state index in [2.05, 4.69) is 9.62 Å². The molecule has 0 aromatic heterocycles. The number of nitrogen functional groups attached to an aromatic ring is 1. The Balaban J connectivity index is 2.15. The molecule has 1 aliphatic rings. The normalized spacial score (nSPS) is 20.6. The molecule has 118 valence electrons. The molecule has 2 rings (SSSR count). The number of likely N-dealkylation sites (tertiary alicyclic amines) is 1. The van der Waals surface area contributed by atoms with Crippen LogP contribution in [0.5, 0.6) is 0 Å². The lowest BCUT2D eigenvalue weighted by Gasteiger charge is -2.32. The Morgan fingerprint density at radius 2 is 2.14 bits per heavy atom. The van der Waals surface area contributed by atoms with Crippen molar-refractivity contribution in [3.63, 3.8) is 0 Å². The minimum atomic E-state index is -3.76. The molecule has 7 heteroatoms. The molecule has 1 unspecified atom stereocenters. The number of benzene rings is 1. The van der Waals surface area contributed by atoms with Gasteiger partial charge in [-0.2, -0.15) is 0 Å². The fourth-order valence-electron chi connectivity index (χ4n) is 2.64. The van der Waals surface area contributed by atoms with Gasteiger partial charge in [0.05, 0.1) is 4.90 Å². The highest BCUT2D eigenvalue weighted by atomic mass is 32.2. The minimum absolute atomic E-state index is 0.0848. The molecule has 1 aromatic rings. The van der Waals surface area contributed by atoms with Gasteiger partial charge in [0, 0.05) is 23.8 Å². The maximum Gasteiger partial charge on any atom is 0.241 e. The van der Waals surface area contributed by atoms with E-state index in [0.29, 0.717) is 6.54 Å². The zero-order chi connectivity index (χ0) is 15.6. The van der Waals surface area contributed by atoms with Gasteiger partial charge in [-0.3, -0.25) is 0 Å². The van der Waals surface area contributed by atoms with E-state index in [1.807, 2.05) is 7.05 Å². The van der Waals surface area contributed by atoms with Crippen LogP contribution < -0.4 is 10.5 Å². The van der Waals surface area contributed by atoms with Crippen LogP contribution in [-0.4, -0.2) is 39.5 Å². The highest BCUT2D eigenvalue weighted by Crippen LogP contribution is 2.22. The summed E-state index contributed by atoms with van der Waals surface area (Å²) in [4.78, 5) is 2.07. The monoisotopic (exact) mass is 315 g/mol. The Kier molecular flexibility index (Phi) is 4.85. The van der Waals surface area contributed by atoms with Crippen molar-refractivity contribution in [2.75, 3.05) is 25.9 Å². The second-order valence-corrected chi connectivity index (χ2v) is 7.34. The van der Waals surface area contributed by atoms with Crippen molar-refractivity contribution in [3.8, 4) is 0 Å². The number of sulfonamides is 1. The number of nitrogens with two attached hydrogens (primary N) is 1. The van der Waals surface area contributed by atoms with Gasteiger partial charge in [-0.15, -0.1) is 0 Å². The van der Waals surface area contributed by atoms with Crippen LogP contribution >= 0.6 is 0 Å². The Morgan fingerprint density at radius 1 is 1.43 bits per heavy atom. The first-order valence-corrected chi connectivity index (χ1v) is 8.55. The first kappa shape index (κ1) is 16.2. The molecule has 1 aromatic carbocycles. The quantitative estimate of drug-likeness (QED) is 0.825. The van der Waals surface area contributed by atoms with Gasteiger partial charge < -0.3 is 10.6 Å². The predicted molar refractivity (Wildman–Crippen MR) is 81.0 cm³/mol. The SMILES string of the molecule is Cc1c(F)cc(N)cc1S(=O)(=O)NCC1CCCCN1C. The third-order valence-corrected chi connectivity index (χ3v) is 5.59. The van der Waals surface area contributed by atoms with Gasteiger partial charge in [0.25, 0.3) is 0 Å². The van der Waals surface area contributed by atoms with Gasteiger partial charge >= 0.3 is 0 Å². The molecule has 1 fully saturated rings. The molecular formula is C14H22FN3O2S. The first-order chi connectivity index (χ1) is 9.81. The Morgan fingerprint density at radius 3 is 2.81 bits per heavy atom. The molecule has 1 aliphatic heterocycles. The minimum Gasteiger partial charge on any atom is -0.399 e. The number of rotatable bonds is 4. The molecule has 0 spiro atoms. The van der Waals surface area contributed by atoms with Gasteiger partial charge in [-0.1, -0.05) is 6.42 Å². The zero-order valence-electron chi connectivity index (χ0n) is 12.4. The van der Waals surface area contributed by atoms with Gasteiger partial charge in [0.15, 0.2) is 0 Å². The van der Waals surface area contributed by atoms with Crippen molar-refractivity contribution >= 4 is 15.7 Å². The molecule has 0 saturated carbocycles. The smallest absolute Gasteiger partial charge is 0.241 e. The summed E-state index contributed by atoms with van der Waals surface area (Å²) in [5.74, 6) is -0.606. The van der Waals surface area contributed by atoms with E-state index in [1.54, 1.807) is 0 Å². The lowest BCUT2D eigenvalue weighted by molar-refractivity contribution is 0.187. The molecule has 0 radical (unpaired) electrons. The van der Waals surface area contributed by atoms with Gasteiger partial charge in [0.1, 0.15) is 5.82 Å². The summed E-state index contributed by atoms with van der Waals surface area (Å²) in [5, 5.41) is 0. The van der Waals surface area contributed by atoms with E-state index in [1.165, 1.54) is 13.0 Å². The molecule has 1 atom stereocenters. The second-order valence-electron chi connectivity index (χ2n) is 5.61. The predicted octanol–water partition coefficient (Wildman–Crippen LogP) is 1.48. The van der Waals surface area contributed by atoms with Crippen LogP contribution in [0.1, 0.15) is 24.8 Å². The average Bonchev–Trinajstić information content (AvgIpc) is 2.42. The Bertz CT molecular complexity index is 619. The number of hydrogen-bond acceptors (Lipinski definition) is 4. The molecule has 0 bridgehead atoms. The van der Waals surface area contributed by atoms with E-state index in [-0.39, 0.29) is 22.2 Å². The molecule has 1 saturated heterocycles. The second kappa shape index (κ2) is 6.29. The van der Waals surface area contributed by atoms with Gasteiger partial charge in [-0.05, 0) is 45.5 Å². The molecule has 21 heavy (non-hydrogen) atoms. The van der Waals surface area contributed by atoms with Crippen molar-refractivity contribution in [3.05, 3.63) is 23.5 Å². The molecule has 0 aliphatic carbocycles. The summed E-state index contributed by atoms with van der Waals surface area (Å²) < 4.78 is 40.9. The maximum absolute atomic E-state index is 13.6. The Hall–Kier alpha value is -1.18. The largest absolute Gasteiger partial charge is 0.399 e. The molecule has 5 nitrogen and oxygen atoms in total. The summed E-state index contributed by atoms with van der Waals surface area (Å²) in [6.45, 7) is 2.74. The fraction of sp³-hybridized carbons (Fsp3) is 0.571. The summed E-state index contributed by atoms with van der Waals surface area (Å²) in [5.41, 5.74) is 5.74. The lowest BCUT2D eigenvalue weighted by atomic mass is 10.0. The van der Waals surface area contributed by atoms with Crippen LogP contribution in [0.4, 0.5) is 10.1 Å².